The molecule has 0 bridgehead atoms. The number of nitrogens with one attached hydrogen (secondary N) is 1. The van der Waals surface area contributed by atoms with E-state index in [2.05, 4.69) is 15.3 Å². The zero-order valence-corrected chi connectivity index (χ0v) is 18.6. The number of carbonyl (C=O) groups excluding carboxylic acids is 1. The second kappa shape index (κ2) is 9.05. The number of aromatic nitrogens is 2. The molecular weight excluding hydrogens is 437 g/mol. The summed E-state index contributed by atoms with van der Waals surface area (Å²) in [4.78, 5) is 25.5. The second-order valence-electron chi connectivity index (χ2n) is 8.35. The number of carbonyl (C=O) groups is 1. The van der Waals surface area contributed by atoms with Crippen LogP contribution in [0.1, 0.15) is 41.2 Å². The topological polar surface area (TPSA) is 96.6 Å². The molecule has 0 radical (unpaired) electrons. The highest BCUT2D eigenvalue weighted by atomic mass is 19.4. The number of aryl methyl sites for hydroxylation is 1. The third kappa shape index (κ3) is 5.13. The highest BCUT2D eigenvalue weighted by molar-refractivity contribution is 5.75. The average Bonchev–Trinajstić information content (AvgIpc) is 2.78. The minimum absolute atomic E-state index is 0.0386. The van der Waals surface area contributed by atoms with Crippen molar-refractivity contribution in [1.29, 1.82) is 0 Å². The molecule has 3 heterocycles. The second-order valence-corrected chi connectivity index (χ2v) is 8.35. The van der Waals surface area contributed by atoms with Gasteiger partial charge in [-0.15, -0.1) is 0 Å². The third-order valence-electron chi connectivity index (χ3n) is 5.88. The number of rotatable bonds is 3. The molecule has 1 aromatic carbocycles. The largest absolute Gasteiger partial charge is 0.416 e. The number of anilines is 2. The third-order valence-corrected chi connectivity index (χ3v) is 5.88. The maximum Gasteiger partial charge on any atom is 0.416 e. The van der Waals surface area contributed by atoms with Crippen LogP contribution in [0, 0.1) is 6.92 Å². The minimum atomic E-state index is -4.49. The Bertz CT molecular complexity index is 1040. The Morgan fingerprint density at radius 1 is 1.15 bits per heavy atom. The Hall–Kier alpha value is -3.08. The average molecular weight is 464 g/mol. The monoisotopic (exact) mass is 464 g/mol. The van der Waals surface area contributed by atoms with Gasteiger partial charge in [-0.2, -0.15) is 13.2 Å². The van der Waals surface area contributed by atoms with Gasteiger partial charge in [-0.05, 0) is 37.6 Å². The van der Waals surface area contributed by atoms with E-state index < -0.39 is 17.8 Å². The van der Waals surface area contributed by atoms with Crippen LogP contribution < -0.4 is 11.1 Å². The van der Waals surface area contributed by atoms with Gasteiger partial charge in [0.1, 0.15) is 11.6 Å². The summed E-state index contributed by atoms with van der Waals surface area (Å²) in [5, 5.41) is 3.23. The van der Waals surface area contributed by atoms with Crippen molar-refractivity contribution in [3.8, 4) is 0 Å². The maximum absolute atomic E-state index is 13.2. The Labute approximate surface area is 189 Å². The van der Waals surface area contributed by atoms with E-state index in [1.165, 1.54) is 6.07 Å². The highest BCUT2D eigenvalue weighted by Crippen LogP contribution is 2.34. The van der Waals surface area contributed by atoms with Gasteiger partial charge in [-0.3, -0.25) is 0 Å². The van der Waals surface area contributed by atoms with Crippen LogP contribution >= 0.6 is 0 Å². The van der Waals surface area contributed by atoms with Crippen LogP contribution in [0.4, 0.5) is 29.5 Å². The summed E-state index contributed by atoms with van der Waals surface area (Å²) >= 11 is 0. The van der Waals surface area contributed by atoms with Crippen molar-refractivity contribution in [1.82, 2.24) is 19.8 Å². The summed E-state index contributed by atoms with van der Waals surface area (Å²) in [6, 6.07) is 2.96. The zero-order valence-electron chi connectivity index (χ0n) is 18.6. The van der Waals surface area contributed by atoms with E-state index in [9.17, 15) is 18.0 Å². The molecule has 2 aliphatic heterocycles. The Balaban J connectivity index is 1.58. The van der Waals surface area contributed by atoms with Gasteiger partial charge in [-0.1, -0.05) is 0 Å². The number of nitrogen functional groups attached to an aromatic ring is 1. The van der Waals surface area contributed by atoms with Crippen LogP contribution in [0.3, 0.4) is 0 Å². The van der Waals surface area contributed by atoms with Crippen LogP contribution in [-0.4, -0.2) is 58.6 Å². The molecular formula is C22H27F3N6O2. The van der Waals surface area contributed by atoms with E-state index >= 15 is 0 Å². The van der Waals surface area contributed by atoms with Crippen molar-refractivity contribution in [2.45, 2.75) is 39.0 Å². The molecule has 33 heavy (non-hydrogen) atoms. The highest BCUT2D eigenvalue weighted by Gasteiger charge is 2.32. The molecule has 4 rings (SSSR count). The quantitative estimate of drug-likeness (QED) is 0.677. The van der Waals surface area contributed by atoms with Gasteiger partial charge in [0.25, 0.3) is 0 Å². The normalized spacial score (nSPS) is 17.5. The molecule has 8 nitrogen and oxygen atoms in total. The van der Waals surface area contributed by atoms with Crippen molar-refractivity contribution >= 4 is 17.5 Å². The molecule has 1 fully saturated rings. The molecule has 2 amide bonds. The van der Waals surface area contributed by atoms with Gasteiger partial charge in [0.05, 0.1) is 37.1 Å². The molecule has 3 N–H and O–H groups in total. The molecule has 0 aliphatic carbocycles. The lowest BCUT2D eigenvalue weighted by atomic mass is 10.0. The summed E-state index contributed by atoms with van der Waals surface area (Å²) in [7, 11) is 0. The number of halogens is 3. The van der Waals surface area contributed by atoms with Crippen LogP contribution in [0.2, 0.25) is 0 Å². The Kier molecular flexibility index (Phi) is 6.33. The lowest BCUT2D eigenvalue weighted by molar-refractivity contribution is -0.137. The van der Waals surface area contributed by atoms with Crippen molar-refractivity contribution < 1.29 is 22.7 Å². The lowest BCUT2D eigenvalue weighted by Crippen LogP contribution is -2.49. The predicted molar refractivity (Wildman–Crippen MR) is 117 cm³/mol. The fourth-order valence-electron chi connectivity index (χ4n) is 4.15. The first-order valence-electron chi connectivity index (χ1n) is 10.8. The number of benzene rings is 1. The number of hydrogen-bond acceptors (Lipinski definition) is 6. The first kappa shape index (κ1) is 23.1. The molecule has 0 spiro atoms. The number of amides is 2. The smallest absolute Gasteiger partial charge is 0.399 e. The van der Waals surface area contributed by atoms with Crippen molar-refractivity contribution in [2.75, 3.05) is 43.9 Å². The number of alkyl halides is 3. The Morgan fingerprint density at radius 3 is 2.58 bits per heavy atom. The summed E-state index contributed by atoms with van der Waals surface area (Å²) < 4.78 is 45.1. The van der Waals surface area contributed by atoms with E-state index in [0.29, 0.717) is 63.0 Å². The number of hydrogen-bond donors (Lipinski definition) is 2. The number of fused-ring (bicyclic) bond motifs is 1. The summed E-state index contributed by atoms with van der Waals surface area (Å²) in [5.74, 6) is 1.07. The van der Waals surface area contributed by atoms with E-state index in [0.717, 1.165) is 23.4 Å². The fraction of sp³-hybridized carbons (Fsp3) is 0.500. The maximum atomic E-state index is 13.2. The zero-order chi connectivity index (χ0) is 23.8. The minimum Gasteiger partial charge on any atom is -0.399 e. The Morgan fingerprint density at radius 2 is 1.88 bits per heavy atom. The molecule has 2 aliphatic rings. The number of urea groups is 1. The molecule has 178 valence electrons. The van der Waals surface area contributed by atoms with E-state index in [1.54, 1.807) is 23.6 Å². The SMILES string of the molecule is Cc1nc2c(c(N[C@H](C)c3cc(N)cc(C(F)(F)F)c3)n1)CN(C(=O)N1CCOCC1)CC2. The summed E-state index contributed by atoms with van der Waals surface area (Å²) in [5.41, 5.74) is 6.99. The van der Waals surface area contributed by atoms with E-state index in [1.807, 2.05) is 0 Å². The fourth-order valence-corrected chi connectivity index (χ4v) is 4.15. The summed E-state index contributed by atoms with van der Waals surface area (Å²) in [6.07, 6.45) is -3.91. The van der Waals surface area contributed by atoms with Crippen LogP contribution in [0.25, 0.3) is 0 Å². The van der Waals surface area contributed by atoms with Crippen molar-refractivity contribution in [3.05, 3.63) is 46.4 Å². The van der Waals surface area contributed by atoms with E-state index in [4.69, 9.17) is 10.5 Å². The van der Waals surface area contributed by atoms with Gasteiger partial charge in [0, 0.05) is 37.3 Å². The predicted octanol–water partition coefficient (Wildman–Crippen LogP) is 3.37. The van der Waals surface area contributed by atoms with Crippen LogP contribution in [0.15, 0.2) is 18.2 Å². The van der Waals surface area contributed by atoms with Gasteiger partial charge in [0.15, 0.2) is 0 Å². The number of nitrogens with zero attached hydrogens (tertiary/aromatic N) is 4. The van der Waals surface area contributed by atoms with Crippen LogP contribution in [-0.2, 0) is 23.9 Å². The van der Waals surface area contributed by atoms with Crippen molar-refractivity contribution in [3.63, 3.8) is 0 Å². The number of ether oxygens (including phenoxy) is 1. The molecule has 1 aromatic heterocycles. The van der Waals surface area contributed by atoms with Gasteiger partial charge < -0.3 is 25.6 Å². The summed E-state index contributed by atoms with van der Waals surface area (Å²) in [6.45, 7) is 6.51. The molecule has 1 saturated heterocycles. The molecule has 0 saturated carbocycles. The number of morpholine rings is 1. The van der Waals surface area contributed by atoms with Gasteiger partial charge in [-0.25, -0.2) is 14.8 Å². The molecule has 0 unspecified atom stereocenters. The molecule has 1 atom stereocenters. The first-order valence-corrected chi connectivity index (χ1v) is 10.8. The van der Waals surface area contributed by atoms with Crippen molar-refractivity contribution in [2.24, 2.45) is 0 Å². The van der Waals surface area contributed by atoms with Crippen LogP contribution in [0.5, 0.6) is 0 Å². The van der Waals surface area contributed by atoms with Gasteiger partial charge in [0.2, 0.25) is 0 Å². The molecule has 11 heteroatoms. The lowest BCUT2D eigenvalue weighted by Gasteiger charge is -2.36. The first-order chi connectivity index (χ1) is 15.6. The number of nitrogens with two attached hydrogens (primary N) is 1. The van der Waals surface area contributed by atoms with Gasteiger partial charge >= 0.3 is 12.2 Å². The van der Waals surface area contributed by atoms with E-state index in [-0.39, 0.29) is 11.7 Å². The molecule has 2 aromatic rings. The standard InChI is InChI=1S/C22H27F3N6O2/c1-13(15-9-16(22(23,24)25)11-17(26)10-15)27-20-18-12-31(4-3-19(18)28-14(2)29-20)21(32)30-5-7-33-8-6-30/h9-11,13H,3-8,12,26H2,1-2H3,(H,27,28,29)/t13-/m1/s1.